The van der Waals surface area contributed by atoms with Crippen molar-refractivity contribution in [3.63, 3.8) is 0 Å². The van der Waals surface area contributed by atoms with E-state index >= 15 is 0 Å². The standard InChI is InChI=1S/C23H24N6S/c1-14(2)13-17-8-10-18(11-9-17)15(3)22-27-29-21(25-26-23(29)30-22)20-16(4)24-19-7-5-6-12-28(19)20/h5-12,14-15H,13H2,1-4H3/t15-/m1/s1. The number of hydrogen-bond acceptors (Lipinski definition) is 5. The van der Waals surface area contributed by atoms with Crippen molar-refractivity contribution in [1.82, 2.24) is 29.2 Å². The van der Waals surface area contributed by atoms with Crippen LogP contribution >= 0.6 is 11.3 Å². The SMILES string of the molecule is Cc1nc2ccccn2c1-c1nnc2sc([C@H](C)c3ccc(CC(C)C)cc3)nn12. The normalized spacial score (nSPS) is 13.0. The van der Waals surface area contributed by atoms with E-state index in [9.17, 15) is 0 Å². The van der Waals surface area contributed by atoms with Crippen LogP contribution in [0.15, 0.2) is 48.7 Å². The summed E-state index contributed by atoms with van der Waals surface area (Å²) in [7, 11) is 0. The van der Waals surface area contributed by atoms with Gasteiger partial charge in [-0.15, -0.1) is 10.2 Å². The van der Waals surface area contributed by atoms with E-state index in [4.69, 9.17) is 5.10 Å². The van der Waals surface area contributed by atoms with Crippen LogP contribution in [0.25, 0.3) is 22.1 Å². The van der Waals surface area contributed by atoms with Gasteiger partial charge < -0.3 is 0 Å². The Bertz CT molecular complexity index is 1330. The summed E-state index contributed by atoms with van der Waals surface area (Å²) in [5, 5.41) is 14.7. The molecule has 0 N–H and O–H groups in total. The van der Waals surface area contributed by atoms with Gasteiger partial charge in [-0.2, -0.15) is 9.61 Å². The summed E-state index contributed by atoms with van der Waals surface area (Å²) in [4.78, 5) is 5.45. The highest BCUT2D eigenvalue weighted by Crippen LogP contribution is 2.31. The molecule has 7 heteroatoms. The molecule has 0 radical (unpaired) electrons. The zero-order valence-corrected chi connectivity index (χ0v) is 18.4. The number of nitrogens with zero attached hydrogens (tertiary/aromatic N) is 6. The van der Waals surface area contributed by atoms with Crippen LogP contribution in [0.1, 0.15) is 48.5 Å². The summed E-state index contributed by atoms with van der Waals surface area (Å²) in [5.74, 6) is 1.58. The van der Waals surface area contributed by atoms with Crippen LogP contribution in [0.2, 0.25) is 0 Å². The first-order valence-electron chi connectivity index (χ1n) is 10.3. The Morgan fingerprint density at radius 1 is 1.00 bits per heavy atom. The number of hydrogen-bond donors (Lipinski definition) is 0. The van der Waals surface area contributed by atoms with Crippen molar-refractivity contribution in [2.75, 3.05) is 0 Å². The minimum Gasteiger partial charge on any atom is -0.297 e. The van der Waals surface area contributed by atoms with Crippen molar-refractivity contribution >= 4 is 21.9 Å². The fourth-order valence-electron chi connectivity index (χ4n) is 3.89. The molecule has 0 unspecified atom stereocenters. The molecule has 152 valence electrons. The molecule has 30 heavy (non-hydrogen) atoms. The molecule has 4 aromatic heterocycles. The minimum atomic E-state index is 0.195. The van der Waals surface area contributed by atoms with Gasteiger partial charge in [0, 0.05) is 12.1 Å². The Labute approximate surface area is 179 Å². The lowest BCUT2D eigenvalue weighted by Crippen LogP contribution is -2.00. The van der Waals surface area contributed by atoms with Crippen LogP contribution < -0.4 is 0 Å². The van der Waals surface area contributed by atoms with Gasteiger partial charge in [0.25, 0.3) is 0 Å². The van der Waals surface area contributed by atoms with E-state index in [0.29, 0.717) is 5.92 Å². The number of aryl methyl sites for hydroxylation is 1. The molecule has 0 fully saturated rings. The highest BCUT2D eigenvalue weighted by Gasteiger charge is 2.21. The molecule has 0 saturated carbocycles. The average Bonchev–Trinajstić information content (AvgIpc) is 3.39. The second-order valence-electron chi connectivity index (χ2n) is 8.19. The lowest BCUT2D eigenvalue weighted by Gasteiger charge is -2.10. The van der Waals surface area contributed by atoms with E-state index < -0.39 is 0 Å². The number of imidazole rings is 1. The Balaban J connectivity index is 1.52. The maximum atomic E-state index is 4.89. The van der Waals surface area contributed by atoms with Crippen LogP contribution in [0.5, 0.6) is 0 Å². The summed E-state index contributed by atoms with van der Waals surface area (Å²) in [6, 6.07) is 14.9. The number of pyridine rings is 1. The van der Waals surface area contributed by atoms with Crippen molar-refractivity contribution in [3.8, 4) is 11.5 Å². The largest absolute Gasteiger partial charge is 0.297 e. The van der Waals surface area contributed by atoms with Gasteiger partial charge in [-0.05, 0) is 42.5 Å². The summed E-state index contributed by atoms with van der Waals surface area (Å²) in [6.45, 7) is 8.69. The highest BCUT2D eigenvalue weighted by molar-refractivity contribution is 7.16. The van der Waals surface area contributed by atoms with Gasteiger partial charge in [0.2, 0.25) is 10.8 Å². The fraction of sp³-hybridized carbons (Fsp3) is 0.304. The van der Waals surface area contributed by atoms with Crippen molar-refractivity contribution in [1.29, 1.82) is 0 Å². The summed E-state index contributed by atoms with van der Waals surface area (Å²) in [5.41, 5.74) is 5.39. The first-order valence-corrected chi connectivity index (χ1v) is 11.1. The second kappa shape index (κ2) is 7.32. The Hall–Kier alpha value is -3.06. The number of benzene rings is 1. The van der Waals surface area contributed by atoms with Crippen LogP contribution in [0.3, 0.4) is 0 Å². The smallest absolute Gasteiger partial charge is 0.235 e. The van der Waals surface area contributed by atoms with Crippen molar-refractivity contribution in [3.05, 3.63) is 70.5 Å². The van der Waals surface area contributed by atoms with E-state index in [2.05, 4.69) is 60.2 Å². The third kappa shape index (κ3) is 3.19. The molecule has 1 atom stereocenters. The van der Waals surface area contributed by atoms with Crippen LogP contribution in [-0.2, 0) is 6.42 Å². The molecular weight excluding hydrogens is 392 g/mol. The van der Waals surface area contributed by atoms with Crippen LogP contribution in [0.4, 0.5) is 0 Å². The Morgan fingerprint density at radius 2 is 1.80 bits per heavy atom. The highest BCUT2D eigenvalue weighted by atomic mass is 32.1. The molecule has 0 aliphatic carbocycles. The molecule has 1 aromatic carbocycles. The van der Waals surface area contributed by atoms with E-state index in [1.807, 2.05) is 40.2 Å². The summed E-state index contributed by atoms with van der Waals surface area (Å²) >= 11 is 1.59. The van der Waals surface area contributed by atoms with Crippen molar-refractivity contribution < 1.29 is 0 Å². The quantitative estimate of drug-likeness (QED) is 0.397. The monoisotopic (exact) mass is 416 g/mol. The number of fused-ring (bicyclic) bond motifs is 2. The molecule has 5 aromatic rings. The van der Waals surface area contributed by atoms with Crippen LogP contribution in [-0.4, -0.2) is 29.2 Å². The molecule has 4 heterocycles. The van der Waals surface area contributed by atoms with Gasteiger partial charge in [0.05, 0.1) is 5.69 Å². The van der Waals surface area contributed by atoms with E-state index in [0.717, 1.165) is 39.2 Å². The van der Waals surface area contributed by atoms with Crippen molar-refractivity contribution in [2.24, 2.45) is 5.92 Å². The lowest BCUT2D eigenvalue weighted by atomic mass is 9.97. The van der Waals surface area contributed by atoms with Gasteiger partial charge in [0.15, 0.2) is 0 Å². The molecule has 0 aliphatic heterocycles. The zero-order valence-electron chi connectivity index (χ0n) is 17.6. The topological polar surface area (TPSA) is 60.4 Å². The second-order valence-corrected chi connectivity index (χ2v) is 9.18. The first-order chi connectivity index (χ1) is 14.5. The Morgan fingerprint density at radius 3 is 2.57 bits per heavy atom. The predicted molar refractivity (Wildman–Crippen MR) is 120 cm³/mol. The molecular formula is C23H24N6S. The maximum Gasteiger partial charge on any atom is 0.235 e. The van der Waals surface area contributed by atoms with Crippen molar-refractivity contribution in [2.45, 2.75) is 40.0 Å². The minimum absolute atomic E-state index is 0.195. The molecule has 0 amide bonds. The van der Waals surface area contributed by atoms with Gasteiger partial charge in [0.1, 0.15) is 16.3 Å². The third-order valence-corrected chi connectivity index (χ3v) is 6.50. The van der Waals surface area contributed by atoms with Gasteiger partial charge in [-0.1, -0.05) is 62.4 Å². The predicted octanol–water partition coefficient (Wildman–Crippen LogP) is 5.16. The average molecular weight is 417 g/mol. The molecule has 5 rings (SSSR count). The first kappa shape index (κ1) is 18.9. The molecule has 0 saturated heterocycles. The third-order valence-electron chi connectivity index (χ3n) is 5.42. The molecule has 0 spiro atoms. The van der Waals surface area contributed by atoms with Gasteiger partial charge >= 0.3 is 0 Å². The number of aromatic nitrogens is 6. The van der Waals surface area contributed by atoms with Gasteiger partial charge in [-0.3, -0.25) is 4.40 Å². The lowest BCUT2D eigenvalue weighted by molar-refractivity contribution is 0.647. The molecule has 6 nitrogen and oxygen atoms in total. The van der Waals surface area contributed by atoms with E-state index in [-0.39, 0.29) is 5.92 Å². The van der Waals surface area contributed by atoms with Gasteiger partial charge in [-0.25, -0.2) is 4.98 Å². The van der Waals surface area contributed by atoms with Crippen LogP contribution in [0, 0.1) is 12.8 Å². The fourth-order valence-corrected chi connectivity index (χ4v) is 4.81. The van der Waals surface area contributed by atoms with E-state index in [1.165, 1.54) is 11.1 Å². The zero-order chi connectivity index (χ0) is 20.8. The number of rotatable bonds is 5. The van der Waals surface area contributed by atoms with E-state index in [1.54, 1.807) is 11.3 Å². The Kier molecular flexibility index (Phi) is 4.62. The maximum absolute atomic E-state index is 4.89. The summed E-state index contributed by atoms with van der Waals surface area (Å²) in [6.07, 6.45) is 3.10. The molecule has 0 bridgehead atoms. The molecule has 0 aliphatic rings. The summed E-state index contributed by atoms with van der Waals surface area (Å²) < 4.78 is 3.90.